The van der Waals surface area contributed by atoms with Gasteiger partial charge in [0.05, 0.1) is 23.7 Å². The molecule has 0 N–H and O–H groups in total. The maximum Gasteiger partial charge on any atom is 0.104 e. The van der Waals surface area contributed by atoms with Gasteiger partial charge in [-0.3, -0.25) is 0 Å². The lowest BCUT2D eigenvalue weighted by Gasteiger charge is -2.25. The number of hydrogen-bond donors (Lipinski definition) is 0. The van der Waals surface area contributed by atoms with E-state index in [0.29, 0.717) is 0 Å². The second-order valence-electron chi connectivity index (χ2n) is 5.62. The molecule has 1 unspecified atom stereocenters. The van der Waals surface area contributed by atoms with E-state index in [1.807, 2.05) is 28.9 Å². The van der Waals surface area contributed by atoms with Crippen LogP contribution in [-0.2, 0) is 4.74 Å². The fourth-order valence-electron chi connectivity index (χ4n) is 2.96. The van der Waals surface area contributed by atoms with E-state index < -0.39 is 0 Å². The van der Waals surface area contributed by atoms with Crippen LogP contribution in [0.25, 0.3) is 16.9 Å². The number of para-hydroxylation sites is 1. The number of rotatable bonds is 3. The van der Waals surface area contributed by atoms with Crippen molar-refractivity contribution in [2.24, 2.45) is 0 Å². The maximum atomic E-state index is 5.66. The summed E-state index contributed by atoms with van der Waals surface area (Å²) in [6.45, 7) is 2.98. The Morgan fingerprint density at radius 2 is 1.64 bits per heavy atom. The minimum atomic E-state index is 0.146. The maximum absolute atomic E-state index is 5.66. The van der Waals surface area contributed by atoms with E-state index in [-0.39, 0.29) is 6.10 Å². The number of benzene rings is 2. The number of ether oxygens (including phenoxy) is 1. The van der Waals surface area contributed by atoms with Crippen LogP contribution in [0.4, 0.5) is 0 Å². The predicted molar refractivity (Wildman–Crippen MR) is 87.0 cm³/mol. The molecule has 0 aliphatic carbocycles. The van der Waals surface area contributed by atoms with Crippen LogP contribution in [-0.4, -0.2) is 16.4 Å². The Morgan fingerprint density at radius 1 is 1.00 bits per heavy atom. The normalized spacial score (nSPS) is 17.2. The lowest BCUT2D eigenvalue weighted by molar-refractivity contribution is -0.0557. The van der Waals surface area contributed by atoms with Gasteiger partial charge in [-0.15, -0.1) is 0 Å². The van der Waals surface area contributed by atoms with E-state index in [9.17, 15) is 0 Å². The second-order valence-corrected chi connectivity index (χ2v) is 5.62. The molecule has 0 spiro atoms. The molecule has 1 saturated heterocycles. The molecule has 2 aromatic carbocycles. The molecule has 2 heterocycles. The van der Waals surface area contributed by atoms with Crippen molar-refractivity contribution in [1.82, 2.24) is 9.78 Å². The zero-order valence-electron chi connectivity index (χ0n) is 12.6. The highest BCUT2D eigenvalue weighted by molar-refractivity contribution is 5.67. The topological polar surface area (TPSA) is 27.1 Å². The van der Waals surface area contributed by atoms with Crippen molar-refractivity contribution in [3.8, 4) is 16.9 Å². The van der Waals surface area contributed by atoms with Gasteiger partial charge in [-0.05, 0) is 19.1 Å². The molecule has 3 aromatic rings. The van der Waals surface area contributed by atoms with Gasteiger partial charge in [0, 0.05) is 17.5 Å². The minimum absolute atomic E-state index is 0.146. The van der Waals surface area contributed by atoms with E-state index >= 15 is 0 Å². The average molecular weight is 290 g/mol. The van der Waals surface area contributed by atoms with Gasteiger partial charge in [-0.2, -0.15) is 5.10 Å². The van der Waals surface area contributed by atoms with Gasteiger partial charge in [0.15, 0.2) is 0 Å². The molecular formula is C19H18N2O. The summed E-state index contributed by atoms with van der Waals surface area (Å²) in [6.07, 6.45) is 1.20. The van der Waals surface area contributed by atoms with Gasteiger partial charge < -0.3 is 4.74 Å². The molecule has 3 heteroatoms. The van der Waals surface area contributed by atoms with E-state index in [1.165, 1.54) is 11.1 Å². The van der Waals surface area contributed by atoms with E-state index in [2.05, 4.69) is 43.3 Å². The Hall–Kier alpha value is -2.39. The van der Waals surface area contributed by atoms with Crippen LogP contribution in [0.1, 0.15) is 23.8 Å². The SMILES string of the molecule is Cc1c(C2CCO2)nn(-c2ccccc2)c1-c1ccccc1. The first-order chi connectivity index (χ1) is 10.8. The van der Waals surface area contributed by atoms with Gasteiger partial charge >= 0.3 is 0 Å². The Bertz CT molecular complexity index is 774. The van der Waals surface area contributed by atoms with Crippen molar-refractivity contribution in [2.75, 3.05) is 6.61 Å². The molecule has 1 fully saturated rings. The van der Waals surface area contributed by atoms with Crippen molar-refractivity contribution >= 4 is 0 Å². The molecule has 110 valence electrons. The Balaban J connectivity index is 1.92. The van der Waals surface area contributed by atoms with Gasteiger partial charge in [-0.25, -0.2) is 4.68 Å². The van der Waals surface area contributed by atoms with E-state index in [0.717, 1.165) is 30.1 Å². The summed E-state index contributed by atoms with van der Waals surface area (Å²) in [5.74, 6) is 0. The third kappa shape index (κ3) is 2.14. The van der Waals surface area contributed by atoms with Crippen molar-refractivity contribution < 1.29 is 4.74 Å². The summed E-state index contributed by atoms with van der Waals surface area (Å²) >= 11 is 0. The Morgan fingerprint density at radius 3 is 2.23 bits per heavy atom. The summed E-state index contributed by atoms with van der Waals surface area (Å²) in [5, 5.41) is 4.87. The van der Waals surface area contributed by atoms with Crippen LogP contribution >= 0.6 is 0 Å². The van der Waals surface area contributed by atoms with Crippen LogP contribution in [0.5, 0.6) is 0 Å². The molecule has 1 aliphatic rings. The quantitative estimate of drug-likeness (QED) is 0.718. The first-order valence-corrected chi connectivity index (χ1v) is 7.66. The Kier molecular flexibility index (Phi) is 3.28. The van der Waals surface area contributed by atoms with E-state index in [1.54, 1.807) is 0 Å². The molecule has 0 amide bonds. The summed E-state index contributed by atoms with van der Waals surface area (Å²) in [4.78, 5) is 0. The van der Waals surface area contributed by atoms with Gasteiger partial charge in [-0.1, -0.05) is 48.5 Å². The monoisotopic (exact) mass is 290 g/mol. The van der Waals surface area contributed by atoms with Crippen molar-refractivity contribution in [3.63, 3.8) is 0 Å². The molecule has 1 atom stereocenters. The number of nitrogens with zero attached hydrogens (tertiary/aromatic N) is 2. The van der Waals surface area contributed by atoms with Gasteiger partial charge in [0.1, 0.15) is 6.10 Å². The van der Waals surface area contributed by atoms with Crippen molar-refractivity contribution in [1.29, 1.82) is 0 Å². The van der Waals surface area contributed by atoms with Crippen LogP contribution in [0, 0.1) is 6.92 Å². The lowest BCUT2D eigenvalue weighted by Crippen LogP contribution is -2.19. The fraction of sp³-hybridized carbons (Fsp3) is 0.211. The molecule has 4 rings (SSSR count). The van der Waals surface area contributed by atoms with Crippen molar-refractivity contribution in [3.05, 3.63) is 71.9 Å². The average Bonchev–Trinajstić information content (AvgIpc) is 2.85. The molecule has 0 radical (unpaired) electrons. The van der Waals surface area contributed by atoms with Gasteiger partial charge in [0.2, 0.25) is 0 Å². The number of aromatic nitrogens is 2. The highest BCUT2D eigenvalue weighted by atomic mass is 16.5. The van der Waals surface area contributed by atoms with Crippen LogP contribution < -0.4 is 0 Å². The predicted octanol–water partition coefficient (Wildman–Crippen LogP) is 4.31. The van der Waals surface area contributed by atoms with E-state index in [4.69, 9.17) is 9.84 Å². The Labute approximate surface area is 130 Å². The second kappa shape index (κ2) is 5.43. The molecule has 0 bridgehead atoms. The minimum Gasteiger partial charge on any atom is -0.372 e. The number of hydrogen-bond acceptors (Lipinski definition) is 2. The van der Waals surface area contributed by atoms with Crippen LogP contribution in [0.3, 0.4) is 0 Å². The van der Waals surface area contributed by atoms with Crippen LogP contribution in [0.15, 0.2) is 60.7 Å². The molecule has 0 saturated carbocycles. The summed E-state index contributed by atoms with van der Waals surface area (Å²) < 4.78 is 7.71. The zero-order valence-corrected chi connectivity index (χ0v) is 12.6. The smallest absolute Gasteiger partial charge is 0.104 e. The third-order valence-corrected chi connectivity index (χ3v) is 4.21. The largest absolute Gasteiger partial charge is 0.372 e. The molecule has 1 aliphatic heterocycles. The molecule has 22 heavy (non-hydrogen) atoms. The molecule has 3 nitrogen and oxygen atoms in total. The third-order valence-electron chi connectivity index (χ3n) is 4.21. The summed E-state index contributed by atoms with van der Waals surface area (Å²) in [7, 11) is 0. The van der Waals surface area contributed by atoms with Crippen molar-refractivity contribution in [2.45, 2.75) is 19.4 Å². The van der Waals surface area contributed by atoms with Crippen LogP contribution in [0.2, 0.25) is 0 Å². The summed E-state index contributed by atoms with van der Waals surface area (Å²) in [6, 6.07) is 20.7. The first kappa shape index (κ1) is 13.3. The first-order valence-electron chi connectivity index (χ1n) is 7.66. The fourth-order valence-corrected chi connectivity index (χ4v) is 2.96. The highest BCUT2D eigenvalue weighted by Gasteiger charge is 2.28. The summed E-state index contributed by atoms with van der Waals surface area (Å²) in [5.41, 5.74) is 5.68. The van der Waals surface area contributed by atoms with Gasteiger partial charge in [0.25, 0.3) is 0 Å². The lowest BCUT2D eigenvalue weighted by atomic mass is 10.0. The molecular weight excluding hydrogens is 272 g/mol. The standard InChI is InChI=1S/C19H18N2O/c1-14-18(17-12-13-22-17)20-21(16-10-6-3-7-11-16)19(14)15-8-4-2-5-9-15/h2-11,17H,12-13H2,1H3. The molecule has 1 aromatic heterocycles. The zero-order chi connectivity index (χ0) is 14.9. The highest BCUT2D eigenvalue weighted by Crippen LogP contribution is 2.36.